The highest BCUT2D eigenvalue weighted by molar-refractivity contribution is 6.31. The van der Waals surface area contributed by atoms with E-state index in [1.165, 1.54) is 0 Å². The van der Waals surface area contributed by atoms with Gasteiger partial charge in [0.2, 0.25) is 0 Å². The highest BCUT2D eigenvalue weighted by atomic mass is 35.5. The lowest BCUT2D eigenvalue weighted by Crippen LogP contribution is -2.52. The molecule has 1 aromatic rings. The van der Waals surface area contributed by atoms with Gasteiger partial charge >= 0.3 is 0 Å². The first-order chi connectivity index (χ1) is 8.63. The van der Waals surface area contributed by atoms with Crippen molar-refractivity contribution >= 4 is 11.6 Å². The van der Waals surface area contributed by atoms with Gasteiger partial charge in [0.15, 0.2) is 0 Å². The van der Waals surface area contributed by atoms with Crippen LogP contribution in [0.3, 0.4) is 0 Å². The second kappa shape index (κ2) is 6.02. The molecule has 0 spiro atoms. The van der Waals surface area contributed by atoms with E-state index >= 15 is 0 Å². The fourth-order valence-corrected chi connectivity index (χ4v) is 3.06. The summed E-state index contributed by atoms with van der Waals surface area (Å²) in [6, 6.07) is 8.76. The fraction of sp³-hybridized carbons (Fsp3) is 0.571. The van der Waals surface area contributed by atoms with Gasteiger partial charge in [0, 0.05) is 43.3 Å². The van der Waals surface area contributed by atoms with Crippen LogP contribution >= 0.6 is 11.6 Å². The van der Waals surface area contributed by atoms with Gasteiger partial charge in [-0.05, 0) is 25.6 Å². The number of hydrogen-bond donors (Lipinski definition) is 1. The van der Waals surface area contributed by atoms with Crippen molar-refractivity contribution in [3.63, 3.8) is 0 Å². The number of nitrogens with zero attached hydrogens (tertiary/aromatic N) is 2. The Hall–Kier alpha value is -0.610. The highest BCUT2D eigenvalue weighted by Crippen LogP contribution is 2.29. The van der Waals surface area contributed by atoms with Gasteiger partial charge in [-0.3, -0.25) is 4.90 Å². The van der Waals surface area contributed by atoms with Gasteiger partial charge in [-0.25, -0.2) is 0 Å². The standard InChI is InChI=1S/C14H22ClN3/c1-11-10-17(2)7-8-18(11)14(9-16)12-5-3-4-6-13(12)15/h3-6,11,14H,7-10,16H2,1-2H3. The van der Waals surface area contributed by atoms with E-state index in [0.717, 1.165) is 30.2 Å². The molecule has 1 saturated heterocycles. The lowest BCUT2D eigenvalue weighted by molar-refractivity contribution is 0.0636. The van der Waals surface area contributed by atoms with E-state index in [9.17, 15) is 0 Å². The highest BCUT2D eigenvalue weighted by Gasteiger charge is 2.29. The molecule has 1 fully saturated rings. The maximum Gasteiger partial charge on any atom is 0.0489 e. The van der Waals surface area contributed by atoms with Crippen molar-refractivity contribution in [3.05, 3.63) is 34.9 Å². The molecule has 1 aromatic carbocycles. The first-order valence-electron chi connectivity index (χ1n) is 6.52. The number of nitrogens with two attached hydrogens (primary N) is 1. The molecule has 2 N–H and O–H groups in total. The topological polar surface area (TPSA) is 32.5 Å². The molecule has 2 atom stereocenters. The summed E-state index contributed by atoms with van der Waals surface area (Å²) in [5.74, 6) is 0. The van der Waals surface area contributed by atoms with Crippen LogP contribution in [0.1, 0.15) is 18.5 Å². The van der Waals surface area contributed by atoms with E-state index < -0.39 is 0 Å². The molecule has 3 nitrogen and oxygen atoms in total. The number of hydrogen-bond acceptors (Lipinski definition) is 3. The summed E-state index contributed by atoms with van der Waals surface area (Å²) in [5.41, 5.74) is 7.14. The molecule has 2 unspecified atom stereocenters. The molecular weight excluding hydrogens is 246 g/mol. The largest absolute Gasteiger partial charge is 0.329 e. The maximum atomic E-state index is 6.30. The number of likely N-dealkylation sites (N-methyl/N-ethyl adjacent to an activating group) is 1. The molecule has 0 aromatic heterocycles. The third-order valence-corrected chi connectivity index (χ3v) is 4.11. The predicted octanol–water partition coefficient (Wildman–Crippen LogP) is 1.98. The lowest BCUT2D eigenvalue weighted by atomic mass is 10.0. The van der Waals surface area contributed by atoms with Crippen LogP contribution in [0.25, 0.3) is 0 Å². The molecule has 18 heavy (non-hydrogen) atoms. The average molecular weight is 268 g/mol. The first kappa shape index (κ1) is 13.8. The van der Waals surface area contributed by atoms with Crippen molar-refractivity contribution in [3.8, 4) is 0 Å². The van der Waals surface area contributed by atoms with Crippen molar-refractivity contribution in [2.45, 2.75) is 19.0 Å². The summed E-state index contributed by atoms with van der Waals surface area (Å²) in [6.07, 6.45) is 0. The van der Waals surface area contributed by atoms with Crippen molar-refractivity contribution in [2.75, 3.05) is 33.2 Å². The van der Waals surface area contributed by atoms with Crippen LogP contribution in [-0.4, -0.2) is 49.1 Å². The second-order valence-corrected chi connectivity index (χ2v) is 5.53. The van der Waals surface area contributed by atoms with Gasteiger partial charge in [0.05, 0.1) is 0 Å². The molecule has 0 aliphatic carbocycles. The zero-order valence-corrected chi connectivity index (χ0v) is 11.9. The SMILES string of the molecule is CC1CN(C)CCN1C(CN)c1ccccc1Cl. The molecule has 0 amide bonds. The summed E-state index contributed by atoms with van der Waals surface area (Å²) in [4.78, 5) is 4.84. The zero-order chi connectivity index (χ0) is 13.1. The minimum absolute atomic E-state index is 0.224. The van der Waals surface area contributed by atoms with E-state index in [1.807, 2.05) is 18.2 Å². The maximum absolute atomic E-state index is 6.30. The third kappa shape index (κ3) is 2.86. The molecule has 0 bridgehead atoms. The number of piperazine rings is 1. The van der Waals surface area contributed by atoms with Gasteiger partial charge in [-0.15, -0.1) is 0 Å². The van der Waals surface area contributed by atoms with Crippen LogP contribution in [0.15, 0.2) is 24.3 Å². The van der Waals surface area contributed by atoms with Crippen molar-refractivity contribution in [2.24, 2.45) is 5.73 Å². The van der Waals surface area contributed by atoms with Crippen LogP contribution in [0.4, 0.5) is 0 Å². The first-order valence-corrected chi connectivity index (χ1v) is 6.90. The van der Waals surface area contributed by atoms with Crippen molar-refractivity contribution < 1.29 is 0 Å². The lowest BCUT2D eigenvalue weighted by Gasteiger charge is -2.43. The monoisotopic (exact) mass is 267 g/mol. The number of rotatable bonds is 3. The Balaban J connectivity index is 2.21. The third-order valence-electron chi connectivity index (χ3n) is 3.77. The second-order valence-electron chi connectivity index (χ2n) is 5.12. The van der Waals surface area contributed by atoms with E-state index in [-0.39, 0.29) is 6.04 Å². The number of halogens is 1. The summed E-state index contributed by atoms with van der Waals surface area (Å²) in [5, 5.41) is 0.819. The van der Waals surface area contributed by atoms with E-state index in [0.29, 0.717) is 12.6 Å². The van der Waals surface area contributed by atoms with Gasteiger partial charge in [0.25, 0.3) is 0 Å². The molecule has 100 valence electrons. The van der Waals surface area contributed by atoms with Crippen LogP contribution in [0.2, 0.25) is 5.02 Å². The Kier molecular flexibility index (Phi) is 4.62. The predicted molar refractivity (Wildman–Crippen MR) is 76.9 cm³/mol. The van der Waals surface area contributed by atoms with Crippen molar-refractivity contribution in [1.29, 1.82) is 0 Å². The van der Waals surface area contributed by atoms with E-state index in [1.54, 1.807) is 0 Å². The molecule has 1 heterocycles. The Morgan fingerprint density at radius 1 is 1.39 bits per heavy atom. The molecular formula is C14H22ClN3. The smallest absolute Gasteiger partial charge is 0.0489 e. The average Bonchev–Trinajstić information content (AvgIpc) is 2.34. The summed E-state index contributed by atoms with van der Waals surface area (Å²) < 4.78 is 0. The quantitative estimate of drug-likeness (QED) is 0.909. The van der Waals surface area contributed by atoms with Crippen LogP contribution in [0, 0.1) is 0 Å². The van der Waals surface area contributed by atoms with Crippen molar-refractivity contribution in [1.82, 2.24) is 9.80 Å². The molecule has 1 aliphatic rings. The normalized spacial score (nSPS) is 24.1. The van der Waals surface area contributed by atoms with Crippen LogP contribution in [-0.2, 0) is 0 Å². The van der Waals surface area contributed by atoms with Gasteiger partial charge in [-0.1, -0.05) is 29.8 Å². The van der Waals surface area contributed by atoms with Crippen LogP contribution in [0.5, 0.6) is 0 Å². The Bertz CT molecular complexity index is 396. The zero-order valence-electron chi connectivity index (χ0n) is 11.1. The van der Waals surface area contributed by atoms with E-state index in [4.69, 9.17) is 17.3 Å². The Morgan fingerprint density at radius 2 is 2.11 bits per heavy atom. The molecule has 2 rings (SSSR count). The molecule has 1 aliphatic heterocycles. The Labute approximate surface area is 115 Å². The molecule has 0 saturated carbocycles. The van der Waals surface area contributed by atoms with Gasteiger partial charge in [-0.2, -0.15) is 0 Å². The van der Waals surface area contributed by atoms with Crippen LogP contribution < -0.4 is 5.73 Å². The number of benzene rings is 1. The Morgan fingerprint density at radius 3 is 2.72 bits per heavy atom. The van der Waals surface area contributed by atoms with Gasteiger partial charge in [0.1, 0.15) is 0 Å². The summed E-state index contributed by atoms with van der Waals surface area (Å²) in [7, 11) is 2.17. The molecule has 4 heteroatoms. The van der Waals surface area contributed by atoms with Gasteiger partial charge < -0.3 is 10.6 Å². The minimum atomic E-state index is 0.224. The van der Waals surface area contributed by atoms with E-state index in [2.05, 4.69) is 29.8 Å². The molecule has 0 radical (unpaired) electrons. The fourth-order valence-electron chi connectivity index (χ4n) is 2.80. The summed E-state index contributed by atoms with van der Waals surface area (Å²) >= 11 is 6.30. The summed E-state index contributed by atoms with van der Waals surface area (Å²) in [6.45, 7) is 6.09. The minimum Gasteiger partial charge on any atom is -0.329 e.